The Kier molecular flexibility index (Phi) is 3.96. The molecular formula is C11H8ClF2N3O3. The van der Waals surface area contributed by atoms with E-state index < -0.39 is 22.2 Å². The van der Waals surface area contributed by atoms with Crippen molar-refractivity contribution in [2.45, 2.75) is 6.61 Å². The molecule has 20 heavy (non-hydrogen) atoms. The van der Waals surface area contributed by atoms with Crippen LogP contribution < -0.4 is 0 Å². The highest BCUT2D eigenvalue weighted by Gasteiger charge is 2.28. The zero-order valence-electron chi connectivity index (χ0n) is 10.1. The molecule has 6 nitrogen and oxygen atoms in total. The summed E-state index contributed by atoms with van der Waals surface area (Å²) in [7, 11) is 1.33. The summed E-state index contributed by atoms with van der Waals surface area (Å²) in [6, 6.07) is 2.72. The number of hydrogen-bond donors (Lipinski definition) is 0. The van der Waals surface area contributed by atoms with Gasteiger partial charge in [-0.3, -0.25) is 10.1 Å². The van der Waals surface area contributed by atoms with Crippen LogP contribution in [0.5, 0.6) is 0 Å². The van der Waals surface area contributed by atoms with E-state index in [4.69, 9.17) is 16.3 Å². The summed E-state index contributed by atoms with van der Waals surface area (Å²) in [4.78, 5) is 10.2. The highest BCUT2D eigenvalue weighted by atomic mass is 35.5. The molecule has 0 atom stereocenters. The standard InChI is InChI=1S/C11H8ClF2N3O3/c1-20-5-8-10(17(18)19)11(12)16(15-8)9-3-2-6(13)4-7(9)14/h2-4H,5H2,1H3. The van der Waals surface area contributed by atoms with Crippen molar-refractivity contribution in [3.05, 3.63) is 50.8 Å². The van der Waals surface area contributed by atoms with E-state index >= 15 is 0 Å². The Morgan fingerprint density at radius 1 is 1.50 bits per heavy atom. The van der Waals surface area contributed by atoms with E-state index in [0.29, 0.717) is 6.07 Å². The van der Waals surface area contributed by atoms with Gasteiger partial charge in [0.15, 0.2) is 11.5 Å². The Hall–Kier alpha value is -2.06. The smallest absolute Gasteiger partial charge is 0.331 e. The maximum Gasteiger partial charge on any atom is 0.331 e. The van der Waals surface area contributed by atoms with Gasteiger partial charge in [0, 0.05) is 13.2 Å². The highest BCUT2D eigenvalue weighted by Crippen LogP contribution is 2.31. The maximum absolute atomic E-state index is 13.7. The first-order chi connectivity index (χ1) is 9.45. The molecule has 0 unspecified atom stereocenters. The Balaban J connectivity index is 2.63. The number of hydrogen-bond acceptors (Lipinski definition) is 4. The van der Waals surface area contributed by atoms with Gasteiger partial charge in [0.25, 0.3) is 0 Å². The molecule has 2 rings (SSSR count). The lowest BCUT2D eigenvalue weighted by atomic mass is 10.3. The molecule has 0 spiro atoms. The number of halogens is 3. The van der Waals surface area contributed by atoms with Crippen LogP contribution in [0.2, 0.25) is 5.15 Å². The van der Waals surface area contributed by atoms with Crippen LogP contribution in [0, 0.1) is 21.7 Å². The Bertz CT molecular complexity index is 675. The molecule has 1 aromatic heterocycles. The van der Waals surface area contributed by atoms with Gasteiger partial charge in [0.2, 0.25) is 5.15 Å². The number of ether oxygens (including phenoxy) is 1. The lowest BCUT2D eigenvalue weighted by molar-refractivity contribution is -0.385. The van der Waals surface area contributed by atoms with Crippen LogP contribution in [0.4, 0.5) is 14.5 Å². The average Bonchev–Trinajstić information content (AvgIpc) is 2.67. The van der Waals surface area contributed by atoms with Crippen molar-refractivity contribution in [3.63, 3.8) is 0 Å². The Morgan fingerprint density at radius 3 is 2.75 bits per heavy atom. The lowest BCUT2D eigenvalue weighted by Gasteiger charge is -2.03. The molecule has 0 saturated heterocycles. The number of aromatic nitrogens is 2. The van der Waals surface area contributed by atoms with Crippen LogP contribution in [0.3, 0.4) is 0 Å². The largest absolute Gasteiger partial charge is 0.378 e. The first kappa shape index (κ1) is 14.4. The third kappa shape index (κ3) is 2.47. The van der Waals surface area contributed by atoms with Crippen molar-refractivity contribution < 1.29 is 18.4 Å². The van der Waals surface area contributed by atoms with Gasteiger partial charge in [-0.15, -0.1) is 0 Å². The molecule has 0 aliphatic heterocycles. The van der Waals surface area contributed by atoms with Gasteiger partial charge in [-0.1, -0.05) is 11.6 Å². The normalized spacial score (nSPS) is 10.8. The van der Waals surface area contributed by atoms with Crippen LogP contribution in [0.1, 0.15) is 5.69 Å². The quantitative estimate of drug-likeness (QED) is 0.643. The van der Waals surface area contributed by atoms with Crippen molar-refractivity contribution in [1.82, 2.24) is 9.78 Å². The molecular weight excluding hydrogens is 296 g/mol. The number of benzene rings is 1. The number of nitro groups is 1. The van der Waals surface area contributed by atoms with E-state index in [1.165, 1.54) is 7.11 Å². The molecule has 0 fully saturated rings. The second-order valence-corrected chi connectivity index (χ2v) is 4.14. The summed E-state index contributed by atoms with van der Waals surface area (Å²) >= 11 is 5.85. The molecule has 0 bridgehead atoms. The van der Waals surface area contributed by atoms with Gasteiger partial charge in [-0.25, -0.2) is 13.5 Å². The highest BCUT2D eigenvalue weighted by molar-refractivity contribution is 6.32. The van der Waals surface area contributed by atoms with Gasteiger partial charge in [0.1, 0.15) is 11.5 Å². The monoisotopic (exact) mass is 303 g/mol. The van der Waals surface area contributed by atoms with Gasteiger partial charge >= 0.3 is 5.69 Å². The van der Waals surface area contributed by atoms with Crippen molar-refractivity contribution in [2.24, 2.45) is 0 Å². The molecule has 9 heteroatoms. The number of rotatable bonds is 4. The summed E-state index contributed by atoms with van der Waals surface area (Å²) in [5.41, 5.74) is -0.717. The fourth-order valence-corrected chi connectivity index (χ4v) is 1.97. The summed E-state index contributed by atoms with van der Waals surface area (Å²) in [6.07, 6.45) is 0. The average molecular weight is 304 g/mol. The molecule has 0 amide bonds. The van der Waals surface area contributed by atoms with Gasteiger partial charge in [-0.2, -0.15) is 5.10 Å². The summed E-state index contributed by atoms with van der Waals surface area (Å²) < 4.78 is 32.2. The second-order valence-electron chi connectivity index (χ2n) is 3.78. The van der Waals surface area contributed by atoms with Crippen LogP contribution >= 0.6 is 11.6 Å². The minimum atomic E-state index is -0.937. The summed E-state index contributed by atoms with van der Waals surface area (Å²) in [5.74, 6) is -1.71. The number of nitrogens with zero attached hydrogens (tertiary/aromatic N) is 3. The molecule has 0 aliphatic rings. The molecule has 1 aromatic carbocycles. The van der Waals surface area contributed by atoms with Crippen LogP contribution in [-0.4, -0.2) is 21.8 Å². The third-order valence-electron chi connectivity index (χ3n) is 2.48. The van der Waals surface area contributed by atoms with Crippen LogP contribution in [0.25, 0.3) is 5.69 Å². The summed E-state index contributed by atoms with van der Waals surface area (Å²) in [5, 5.41) is 14.4. The van der Waals surface area contributed by atoms with E-state index in [0.717, 1.165) is 16.8 Å². The van der Waals surface area contributed by atoms with E-state index in [9.17, 15) is 18.9 Å². The minimum absolute atomic E-state index is 0.0498. The van der Waals surface area contributed by atoms with Gasteiger partial charge in [-0.05, 0) is 12.1 Å². The summed E-state index contributed by atoms with van der Waals surface area (Å²) in [6.45, 7) is -0.161. The molecule has 106 valence electrons. The first-order valence-electron chi connectivity index (χ1n) is 5.32. The lowest BCUT2D eigenvalue weighted by Crippen LogP contribution is -2.01. The van der Waals surface area contributed by atoms with Crippen molar-refractivity contribution in [2.75, 3.05) is 7.11 Å². The van der Waals surface area contributed by atoms with Gasteiger partial charge < -0.3 is 4.74 Å². The van der Waals surface area contributed by atoms with E-state index in [1.54, 1.807) is 0 Å². The molecule has 1 heterocycles. The van der Waals surface area contributed by atoms with E-state index in [-0.39, 0.29) is 23.1 Å². The molecule has 0 saturated carbocycles. The van der Waals surface area contributed by atoms with Gasteiger partial charge in [0.05, 0.1) is 11.5 Å². The Labute approximate surface area is 116 Å². The zero-order chi connectivity index (χ0) is 14.9. The van der Waals surface area contributed by atoms with E-state index in [2.05, 4.69) is 5.10 Å². The van der Waals surface area contributed by atoms with E-state index in [1.807, 2.05) is 0 Å². The topological polar surface area (TPSA) is 70.2 Å². The van der Waals surface area contributed by atoms with Crippen molar-refractivity contribution >= 4 is 17.3 Å². The molecule has 0 radical (unpaired) electrons. The molecule has 0 aliphatic carbocycles. The zero-order valence-corrected chi connectivity index (χ0v) is 10.9. The van der Waals surface area contributed by atoms with Crippen LogP contribution in [-0.2, 0) is 11.3 Å². The molecule has 2 aromatic rings. The first-order valence-corrected chi connectivity index (χ1v) is 5.69. The predicted octanol–water partition coefficient (Wildman–Crippen LogP) is 2.86. The maximum atomic E-state index is 13.7. The molecule has 0 N–H and O–H groups in total. The van der Waals surface area contributed by atoms with Crippen molar-refractivity contribution in [1.29, 1.82) is 0 Å². The number of methoxy groups -OCH3 is 1. The minimum Gasteiger partial charge on any atom is -0.378 e. The predicted molar refractivity (Wildman–Crippen MR) is 65.9 cm³/mol. The fourth-order valence-electron chi connectivity index (χ4n) is 1.66. The Morgan fingerprint density at radius 2 is 2.20 bits per heavy atom. The fraction of sp³-hybridized carbons (Fsp3) is 0.182. The SMILES string of the molecule is COCc1nn(-c2ccc(F)cc2F)c(Cl)c1[N+](=O)[O-]. The second kappa shape index (κ2) is 5.51. The van der Waals surface area contributed by atoms with Crippen LogP contribution in [0.15, 0.2) is 18.2 Å². The third-order valence-corrected chi connectivity index (χ3v) is 2.82. The van der Waals surface area contributed by atoms with Crippen molar-refractivity contribution in [3.8, 4) is 5.69 Å².